The van der Waals surface area contributed by atoms with E-state index in [4.69, 9.17) is 14.2 Å². The highest BCUT2D eigenvalue weighted by Crippen LogP contribution is 2.58. The monoisotopic (exact) mass is 330 g/mol. The van der Waals surface area contributed by atoms with Gasteiger partial charge in [-0.05, 0) is 43.9 Å². The lowest BCUT2D eigenvalue weighted by Crippen LogP contribution is -2.41. The van der Waals surface area contributed by atoms with Gasteiger partial charge in [0.25, 0.3) is 0 Å². The highest BCUT2D eigenvalue weighted by molar-refractivity contribution is 5.74. The summed E-state index contributed by atoms with van der Waals surface area (Å²) >= 11 is 0. The topological polar surface area (TPSA) is 44.8 Å². The minimum absolute atomic E-state index is 0.00209. The molecule has 8 unspecified atom stereocenters. The summed E-state index contributed by atoms with van der Waals surface area (Å²) < 4.78 is 18.8. The summed E-state index contributed by atoms with van der Waals surface area (Å²) in [4.78, 5) is 12.7. The molecule has 2 saturated carbocycles. The lowest BCUT2D eigenvalue weighted by Gasteiger charge is -2.36. The second-order valence-corrected chi connectivity index (χ2v) is 8.98. The zero-order valence-electron chi connectivity index (χ0n) is 14.1. The van der Waals surface area contributed by atoms with Crippen LogP contribution in [-0.2, 0) is 19.0 Å². The third-order valence-corrected chi connectivity index (χ3v) is 7.81. The van der Waals surface area contributed by atoms with E-state index in [1.165, 1.54) is 32.1 Å². The number of fused-ring (bicyclic) bond motifs is 4. The first-order chi connectivity index (χ1) is 11.7. The molecule has 0 aromatic rings. The summed E-state index contributed by atoms with van der Waals surface area (Å²) in [6, 6.07) is 0. The van der Waals surface area contributed by atoms with Crippen LogP contribution in [0.5, 0.6) is 0 Å². The maximum absolute atomic E-state index is 12.7. The Morgan fingerprint density at radius 1 is 1.04 bits per heavy atom. The van der Waals surface area contributed by atoms with Gasteiger partial charge in [0.2, 0.25) is 0 Å². The molecule has 5 fully saturated rings. The van der Waals surface area contributed by atoms with E-state index in [1.807, 2.05) is 0 Å². The Morgan fingerprint density at radius 3 is 2.67 bits per heavy atom. The van der Waals surface area contributed by atoms with E-state index < -0.39 is 0 Å². The molecular formula is C20H26O4. The Labute approximate surface area is 142 Å². The van der Waals surface area contributed by atoms with Crippen molar-refractivity contribution in [2.24, 2.45) is 23.7 Å². The lowest BCUT2D eigenvalue weighted by atomic mass is 9.71. The quantitative estimate of drug-likeness (QED) is 0.577. The first kappa shape index (κ1) is 14.3. The van der Waals surface area contributed by atoms with Gasteiger partial charge in [-0.15, -0.1) is 0 Å². The Kier molecular flexibility index (Phi) is 2.89. The molecule has 3 aliphatic carbocycles. The number of hydrogen-bond acceptors (Lipinski definition) is 4. The van der Waals surface area contributed by atoms with Crippen molar-refractivity contribution < 1.29 is 19.0 Å². The molecule has 0 aromatic carbocycles. The zero-order chi connectivity index (χ0) is 15.9. The summed E-state index contributed by atoms with van der Waals surface area (Å²) in [5.74, 6) is 1.61. The maximum atomic E-state index is 12.7. The molecule has 3 heterocycles. The number of ether oxygens (including phenoxy) is 3. The van der Waals surface area contributed by atoms with E-state index in [-0.39, 0.29) is 41.9 Å². The van der Waals surface area contributed by atoms with Crippen LogP contribution in [-0.4, -0.2) is 36.0 Å². The molecule has 8 atom stereocenters. The van der Waals surface area contributed by atoms with Crippen LogP contribution in [0.3, 0.4) is 0 Å². The number of carbonyl (C=O) groups is 1. The molecule has 4 nitrogen and oxygen atoms in total. The number of carbonyl (C=O) groups excluding carboxylic acids is 1. The van der Waals surface area contributed by atoms with Gasteiger partial charge in [0.15, 0.2) is 6.10 Å². The lowest BCUT2D eigenvalue weighted by molar-refractivity contribution is -0.166. The fourth-order valence-electron chi connectivity index (χ4n) is 6.71. The molecular weight excluding hydrogens is 304 g/mol. The Balaban J connectivity index is 1.20. The molecule has 3 saturated heterocycles. The van der Waals surface area contributed by atoms with Crippen molar-refractivity contribution in [3.05, 3.63) is 12.2 Å². The molecule has 24 heavy (non-hydrogen) atoms. The van der Waals surface area contributed by atoms with Crippen molar-refractivity contribution in [3.8, 4) is 0 Å². The van der Waals surface area contributed by atoms with E-state index in [2.05, 4.69) is 12.2 Å². The molecule has 0 radical (unpaired) electrons. The number of rotatable bonds is 2. The Morgan fingerprint density at radius 2 is 1.92 bits per heavy atom. The van der Waals surface area contributed by atoms with Crippen molar-refractivity contribution in [1.29, 1.82) is 0 Å². The van der Waals surface area contributed by atoms with Crippen molar-refractivity contribution in [1.82, 2.24) is 0 Å². The molecule has 130 valence electrons. The predicted molar refractivity (Wildman–Crippen MR) is 86.2 cm³/mol. The zero-order valence-corrected chi connectivity index (χ0v) is 14.1. The van der Waals surface area contributed by atoms with Crippen LogP contribution in [0.1, 0.15) is 51.4 Å². The summed E-state index contributed by atoms with van der Waals surface area (Å²) in [5.41, 5.74) is 0.0264. The fourth-order valence-corrected chi connectivity index (χ4v) is 6.71. The van der Waals surface area contributed by atoms with Crippen LogP contribution in [0.15, 0.2) is 12.2 Å². The SMILES string of the molecule is O=C(OC1C2CC3C(O2)C1OC31CCCCC1)C1CC2C=CC1C2. The average molecular weight is 330 g/mol. The van der Waals surface area contributed by atoms with Crippen molar-refractivity contribution in [2.75, 3.05) is 0 Å². The van der Waals surface area contributed by atoms with Gasteiger partial charge in [-0.3, -0.25) is 4.79 Å². The van der Waals surface area contributed by atoms with E-state index in [9.17, 15) is 4.79 Å². The van der Waals surface area contributed by atoms with Crippen molar-refractivity contribution >= 4 is 5.97 Å². The summed E-state index contributed by atoms with van der Waals surface area (Å²) in [7, 11) is 0. The second kappa shape index (κ2) is 4.85. The second-order valence-electron chi connectivity index (χ2n) is 8.98. The summed E-state index contributed by atoms with van der Waals surface area (Å²) in [6.45, 7) is 0. The van der Waals surface area contributed by atoms with Crippen LogP contribution in [0.4, 0.5) is 0 Å². The molecule has 3 aliphatic heterocycles. The summed E-state index contributed by atoms with van der Waals surface area (Å²) in [5, 5.41) is 0. The standard InChI is InChI=1S/C20H26O4/c21-19(13-9-11-4-5-12(13)8-11)23-17-15-10-14-16(22-15)18(17)24-20(14)6-2-1-3-7-20/h4-5,11-18H,1-3,6-10H2. The van der Waals surface area contributed by atoms with Gasteiger partial charge in [0, 0.05) is 5.92 Å². The third kappa shape index (κ3) is 1.79. The van der Waals surface area contributed by atoms with Crippen LogP contribution < -0.4 is 0 Å². The van der Waals surface area contributed by atoms with E-state index in [1.54, 1.807) is 0 Å². The average Bonchev–Trinajstić information content (AvgIpc) is 3.38. The van der Waals surface area contributed by atoms with Gasteiger partial charge in [-0.2, -0.15) is 0 Å². The maximum Gasteiger partial charge on any atom is 0.310 e. The van der Waals surface area contributed by atoms with Gasteiger partial charge in [-0.1, -0.05) is 31.4 Å². The number of allylic oxidation sites excluding steroid dienone is 2. The van der Waals surface area contributed by atoms with Crippen LogP contribution in [0.25, 0.3) is 0 Å². The minimum Gasteiger partial charge on any atom is -0.456 e. The van der Waals surface area contributed by atoms with E-state index >= 15 is 0 Å². The van der Waals surface area contributed by atoms with Crippen LogP contribution >= 0.6 is 0 Å². The van der Waals surface area contributed by atoms with Gasteiger partial charge in [-0.25, -0.2) is 0 Å². The van der Waals surface area contributed by atoms with Gasteiger partial charge < -0.3 is 14.2 Å². The van der Waals surface area contributed by atoms with Crippen LogP contribution in [0, 0.1) is 23.7 Å². The van der Waals surface area contributed by atoms with Gasteiger partial charge in [0.1, 0.15) is 6.10 Å². The Bertz CT molecular complexity index is 592. The van der Waals surface area contributed by atoms with Gasteiger partial charge >= 0.3 is 5.97 Å². The number of hydrogen-bond donors (Lipinski definition) is 0. The first-order valence-corrected chi connectivity index (χ1v) is 9.96. The smallest absolute Gasteiger partial charge is 0.310 e. The highest BCUT2D eigenvalue weighted by Gasteiger charge is 2.69. The highest BCUT2D eigenvalue weighted by atomic mass is 16.6. The van der Waals surface area contributed by atoms with E-state index in [0.29, 0.717) is 17.8 Å². The van der Waals surface area contributed by atoms with Crippen LogP contribution in [0.2, 0.25) is 0 Å². The largest absolute Gasteiger partial charge is 0.456 e. The van der Waals surface area contributed by atoms with Gasteiger partial charge in [0.05, 0.1) is 23.7 Å². The van der Waals surface area contributed by atoms with Crippen molar-refractivity contribution in [2.45, 2.75) is 81.4 Å². The minimum atomic E-state index is -0.164. The fraction of sp³-hybridized carbons (Fsp3) is 0.850. The molecule has 0 aromatic heterocycles. The van der Waals surface area contributed by atoms with E-state index in [0.717, 1.165) is 19.3 Å². The summed E-state index contributed by atoms with van der Waals surface area (Å²) in [6.07, 6.45) is 13.9. The normalized spacial score (nSPS) is 52.5. The van der Waals surface area contributed by atoms with Crippen molar-refractivity contribution in [3.63, 3.8) is 0 Å². The first-order valence-electron chi connectivity index (χ1n) is 9.96. The molecule has 0 amide bonds. The molecule has 4 heteroatoms. The molecule has 6 aliphatic rings. The Hall–Kier alpha value is -0.870. The molecule has 4 bridgehead atoms. The molecule has 6 rings (SSSR count). The number of esters is 1. The third-order valence-electron chi connectivity index (χ3n) is 7.81. The molecule has 0 N–H and O–H groups in total. The predicted octanol–water partition coefficient (Wildman–Crippen LogP) is 3.00. The molecule has 1 spiro atoms.